The Morgan fingerprint density at radius 3 is 2.50 bits per heavy atom. The van der Waals surface area contributed by atoms with Crippen LogP contribution >= 0.6 is 0 Å². The molecule has 32 heavy (non-hydrogen) atoms. The van der Waals surface area contributed by atoms with Gasteiger partial charge >= 0.3 is 11.8 Å². The molecule has 10 nitrogen and oxygen atoms in total. The number of benzene rings is 1. The minimum Gasteiger partial charge on any atom is -0.444 e. The number of ether oxygens (including phenoxy) is 1. The molecule has 0 saturated carbocycles. The highest BCUT2D eigenvalue weighted by molar-refractivity contribution is 5.70. The summed E-state index contributed by atoms with van der Waals surface area (Å²) in [7, 11) is 1.65. The number of nitrogens with zero attached hydrogens (tertiary/aromatic N) is 5. The Balaban J connectivity index is 1.96. The highest BCUT2D eigenvalue weighted by Crippen LogP contribution is 2.35. The average molecular weight is 446 g/mol. The van der Waals surface area contributed by atoms with E-state index >= 15 is 4.39 Å². The number of pyridine rings is 1. The van der Waals surface area contributed by atoms with Crippen molar-refractivity contribution >= 4 is 29.1 Å². The summed E-state index contributed by atoms with van der Waals surface area (Å²) in [6, 6.07) is 11.7. The van der Waals surface area contributed by atoms with Crippen molar-refractivity contribution in [1.29, 1.82) is 0 Å². The lowest BCUT2D eigenvalue weighted by molar-refractivity contribution is -0.384. The number of nitro groups is 1. The molecule has 1 N–H and O–H groups in total. The molecule has 1 aromatic carbocycles. The minimum absolute atomic E-state index is 0.0406. The molecule has 0 aliphatic carbocycles. The summed E-state index contributed by atoms with van der Waals surface area (Å²) in [5.74, 6) is 0.474. The number of halogens is 1. The van der Waals surface area contributed by atoms with Crippen molar-refractivity contribution in [2.75, 3.05) is 37.0 Å². The molecule has 0 bridgehead atoms. The normalized spacial score (nSPS) is 17.0. The van der Waals surface area contributed by atoms with Crippen LogP contribution in [0.3, 0.4) is 0 Å². The average Bonchev–Trinajstić information content (AvgIpc) is 2.73. The Bertz CT molecular complexity index is 969. The molecule has 1 saturated heterocycles. The van der Waals surface area contributed by atoms with Crippen LogP contribution in [0, 0.1) is 10.1 Å². The van der Waals surface area contributed by atoms with Crippen LogP contribution in [-0.4, -0.2) is 64.5 Å². The van der Waals surface area contributed by atoms with Gasteiger partial charge < -0.3 is 10.1 Å². The summed E-state index contributed by atoms with van der Waals surface area (Å²) in [4.78, 5) is 29.0. The Labute approximate surface area is 185 Å². The maximum Gasteiger partial charge on any atom is 0.412 e. The number of piperazine rings is 1. The van der Waals surface area contributed by atoms with E-state index in [-0.39, 0.29) is 31.1 Å². The Morgan fingerprint density at radius 2 is 1.94 bits per heavy atom. The monoisotopic (exact) mass is 446 g/mol. The summed E-state index contributed by atoms with van der Waals surface area (Å²) in [5.41, 5.74) is -0.394. The molecule has 11 heteroatoms. The van der Waals surface area contributed by atoms with Gasteiger partial charge in [-0.1, -0.05) is 18.2 Å². The summed E-state index contributed by atoms with van der Waals surface area (Å²) in [6.07, 6.45) is -2.41. The molecule has 0 radical (unpaired) electrons. The van der Waals surface area contributed by atoms with E-state index in [1.807, 2.05) is 6.07 Å². The summed E-state index contributed by atoms with van der Waals surface area (Å²) >= 11 is 0. The van der Waals surface area contributed by atoms with E-state index < -0.39 is 22.9 Å². The smallest absolute Gasteiger partial charge is 0.412 e. The Morgan fingerprint density at radius 1 is 1.25 bits per heavy atom. The van der Waals surface area contributed by atoms with Gasteiger partial charge in [-0.3, -0.25) is 20.0 Å². The lowest BCUT2D eigenvalue weighted by atomic mass is 10.2. The zero-order valence-electron chi connectivity index (χ0n) is 18.5. The number of para-hydroxylation sites is 1. The van der Waals surface area contributed by atoms with Crippen LogP contribution in [0.25, 0.3) is 0 Å². The van der Waals surface area contributed by atoms with Crippen molar-refractivity contribution in [2.24, 2.45) is 0 Å². The molecule has 172 valence electrons. The van der Waals surface area contributed by atoms with Crippen LogP contribution in [-0.2, 0) is 4.74 Å². The van der Waals surface area contributed by atoms with Crippen LogP contribution in [0.1, 0.15) is 20.8 Å². The van der Waals surface area contributed by atoms with E-state index in [0.29, 0.717) is 11.5 Å². The van der Waals surface area contributed by atoms with E-state index in [0.717, 1.165) is 4.90 Å². The van der Waals surface area contributed by atoms with E-state index in [1.165, 1.54) is 17.1 Å². The number of nitrogens with one attached hydrogen (secondary N) is 1. The maximum absolute atomic E-state index is 15.1. The Hall–Kier alpha value is -3.47. The van der Waals surface area contributed by atoms with Crippen molar-refractivity contribution in [1.82, 2.24) is 14.9 Å². The van der Waals surface area contributed by atoms with Gasteiger partial charge in [-0.05, 0) is 39.0 Å². The van der Waals surface area contributed by atoms with Crippen LogP contribution in [0.2, 0.25) is 0 Å². The fraction of sp³-hybridized carbons (Fsp3) is 0.429. The van der Waals surface area contributed by atoms with E-state index in [9.17, 15) is 14.9 Å². The second kappa shape index (κ2) is 9.35. The molecule has 1 atom stereocenters. The van der Waals surface area contributed by atoms with Crippen LogP contribution in [0.15, 0.2) is 42.5 Å². The fourth-order valence-electron chi connectivity index (χ4n) is 3.30. The molecule has 2 aromatic rings. The third-order valence-corrected chi connectivity index (χ3v) is 4.72. The van der Waals surface area contributed by atoms with Crippen molar-refractivity contribution in [2.45, 2.75) is 32.7 Å². The van der Waals surface area contributed by atoms with Gasteiger partial charge in [0, 0.05) is 26.2 Å². The number of aromatic nitrogens is 1. The number of rotatable bonds is 5. The zero-order valence-corrected chi connectivity index (χ0v) is 18.5. The number of amides is 1. The van der Waals surface area contributed by atoms with Crippen molar-refractivity contribution < 1.29 is 18.8 Å². The van der Waals surface area contributed by atoms with Gasteiger partial charge in [0.05, 0.1) is 17.2 Å². The van der Waals surface area contributed by atoms with Gasteiger partial charge in [-0.25, -0.2) is 19.2 Å². The third kappa shape index (κ3) is 5.22. The number of hydrazine groups is 1. The van der Waals surface area contributed by atoms with Crippen LogP contribution < -0.4 is 10.3 Å². The van der Waals surface area contributed by atoms with E-state index in [2.05, 4.69) is 10.3 Å². The van der Waals surface area contributed by atoms with Crippen molar-refractivity contribution in [3.8, 4) is 0 Å². The highest BCUT2D eigenvalue weighted by atomic mass is 19.1. The predicted molar refractivity (Wildman–Crippen MR) is 118 cm³/mol. The second-order valence-corrected chi connectivity index (χ2v) is 8.21. The van der Waals surface area contributed by atoms with Crippen molar-refractivity contribution in [3.05, 3.63) is 52.6 Å². The number of hydrogen-bond donors (Lipinski definition) is 1. The number of anilines is 3. The fourth-order valence-corrected chi connectivity index (χ4v) is 3.30. The molecule has 1 amide bonds. The first-order chi connectivity index (χ1) is 15.1. The lowest BCUT2D eigenvalue weighted by Crippen LogP contribution is -2.58. The van der Waals surface area contributed by atoms with Crippen LogP contribution in [0.4, 0.5) is 32.2 Å². The predicted octanol–water partition coefficient (Wildman–Crippen LogP) is 3.93. The first kappa shape index (κ1) is 23.2. The molecule has 1 fully saturated rings. The molecule has 3 rings (SSSR count). The minimum atomic E-state index is -1.67. The van der Waals surface area contributed by atoms with E-state index in [1.54, 1.807) is 57.1 Å². The SMILES string of the molecule is CNc1ccc([N+](=O)[O-])c(N(c2ccccc2)N2CCN(C(=O)OC(C)(C)C)C(F)C2)n1. The number of alkyl halides is 1. The lowest BCUT2D eigenvalue weighted by Gasteiger charge is -2.42. The molecule has 2 heterocycles. The molecule has 1 aliphatic heterocycles. The molecule has 0 spiro atoms. The van der Waals surface area contributed by atoms with Gasteiger partial charge in [-0.15, -0.1) is 0 Å². The highest BCUT2D eigenvalue weighted by Gasteiger charge is 2.37. The number of carbonyl (C=O) groups excluding carboxylic acids is 1. The third-order valence-electron chi connectivity index (χ3n) is 4.72. The van der Waals surface area contributed by atoms with Crippen molar-refractivity contribution in [3.63, 3.8) is 0 Å². The Kier molecular flexibility index (Phi) is 6.78. The molecule has 1 unspecified atom stereocenters. The van der Waals surface area contributed by atoms with Gasteiger partial charge in [0.2, 0.25) is 5.82 Å². The van der Waals surface area contributed by atoms with Gasteiger partial charge in [0.15, 0.2) is 6.30 Å². The molecular weight excluding hydrogens is 419 g/mol. The van der Waals surface area contributed by atoms with Crippen LogP contribution in [0.5, 0.6) is 0 Å². The van der Waals surface area contributed by atoms with Gasteiger partial charge in [0.25, 0.3) is 0 Å². The number of hydrogen-bond acceptors (Lipinski definition) is 8. The van der Waals surface area contributed by atoms with Gasteiger partial charge in [0.1, 0.15) is 11.4 Å². The first-order valence-corrected chi connectivity index (χ1v) is 10.2. The summed E-state index contributed by atoms with van der Waals surface area (Å²) in [6.45, 7) is 5.19. The largest absolute Gasteiger partial charge is 0.444 e. The summed E-state index contributed by atoms with van der Waals surface area (Å²) < 4.78 is 20.4. The molecular formula is C21H27FN6O4. The quantitative estimate of drug-likeness (QED) is 0.419. The maximum atomic E-state index is 15.1. The second-order valence-electron chi connectivity index (χ2n) is 8.21. The first-order valence-electron chi connectivity index (χ1n) is 10.2. The summed E-state index contributed by atoms with van der Waals surface area (Å²) in [5, 5.41) is 17.7. The number of carbonyl (C=O) groups is 1. The molecule has 1 aliphatic rings. The standard InChI is InChI=1S/C21H27FN6O4/c1-21(2,3)32-20(29)26-13-12-25(14-17(26)22)27(15-8-6-5-7-9-15)19-16(28(30)31)10-11-18(23-4)24-19/h5-11,17H,12-14H2,1-4H3,(H,23,24). The topological polar surface area (TPSA) is 104 Å². The van der Waals surface area contributed by atoms with E-state index in [4.69, 9.17) is 4.74 Å². The zero-order chi connectivity index (χ0) is 23.5. The molecule has 1 aromatic heterocycles. The van der Waals surface area contributed by atoms with Gasteiger partial charge in [-0.2, -0.15) is 0 Å².